The average molecular weight is 159 g/mol. The first-order valence-electron chi connectivity index (χ1n) is 3.78. The average Bonchev–Trinajstić information content (AvgIpc) is 2.54. The molecule has 2 rings (SSSR count). The SMILES string of the molecule is Cn1ncc(-c2ccccc2)n1. The first kappa shape index (κ1) is 7.03. The van der Waals surface area contributed by atoms with Gasteiger partial charge in [0, 0.05) is 12.6 Å². The lowest BCUT2D eigenvalue weighted by molar-refractivity contribution is 0.655. The van der Waals surface area contributed by atoms with Crippen molar-refractivity contribution in [3.63, 3.8) is 0 Å². The van der Waals surface area contributed by atoms with Crippen molar-refractivity contribution < 1.29 is 0 Å². The third-order valence-corrected chi connectivity index (χ3v) is 1.67. The minimum atomic E-state index is 0.915. The molecule has 1 heterocycles. The van der Waals surface area contributed by atoms with Crippen molar-refractivity contribution in [2.75, 3.05) is 0 Å². The van der Waals surface area contributed by atoms with E-state index in [1.54, 1.807) is 11.0 Å². The van der Waals surface area contributed by atoms with Crippen molar-refractivity contribution in [2.45, 2.75) is 0 Å². The number of hydrogen-bond donors (Lipinski definition) is 0. The van der Waals surface area contributed by atoms with E-state index in [9.17, 15) is 0 Å². The van der Waals surface area contributed by atoms with Crippen LogP contribution in [0, 0.1) is 0 Å². The van der Waals surface area contributed by atoms with Crippen LogP contribution in [0.25, 0.3) is 11.3 Å². The molecule has 0 unspecified atom stereocenters. The molecule has 3 heteroatoms. The lowest BCUT2D eigenvalue weighted by Crippen LogP contribution is -1.91. The van der Waals surface area contributed by atoms with E-state index in [4.69, 9.17) is 0 Å². The Labute approximate surface area is 70.6 Å². The summed E-state index contributed by atoms with van der Waals surface area (Å²) in [5.74, 6) is 0. The summed E-state index contributed by atoms with van der Waals surface area (Å²) in [5.41, 5.74) is 2.02. The van der Waals surface area contributed by atoms with Gasteiger partial charge in [0.1, 0.15) is 5.69 Å². The molecule has 0 fully saturated rings. The summed E-state index contributed by atoms with van der Waals surface area (Å²) in [7, 11) is 1.81. The maximum Gasteiger partial charge on any atom is 0.113 e. The highest BCUT2D eigenvalue weighted by Gasteiger charge is 1.98. The van der Waals surface area contributed by atoms with Crippen LogP contribution in [0.5, 0.6) is 0 Å². The number of rotatable bonds is 1. The Morgan fingerprint density at radius 1 is 1.17 bits per heavy atom. The fourth-order valence-corrected chi connectivity index (χ4v) is 1.09. The monoisotopic (exact) mass is 159 g/mol. The van der Waals surface area contributed by atoms with Gasteiger partial charge in [-0.25, -0.2) is 0 Å². The highest BCUT2D eigenvalue weighted by Crippen LogP contribution is 2.13. The molecule has 12 heavy (non-hydrogen) atoms. The zero-order chi connectivity index (χ0) is 8.39. The van der Waals surface area contributed by atoms with E-state index < -0.39 is 0 Å². The van der Waals surface area contributed by atoms with E-state index in [2.05, 4.69) is 10.2 Å². The molecule has 3 nitrogen and oxygen atoms in total. The normalized spacial score (nSPS) is 10.1. The summed E-state index contributed by atoms with van der Waals surface area (Å²) in [6.45, 7) is 0. The summed E-state index contributed by atoms with van der Waals surface area (Å²) < 4.78 is 0. The number of hydrogen-bond acceptors (Lipinski definition) is 2. The zero-order valence-electron chi connectivity index (χ0n) is 6.81. The molecule has 2 aromatic rings. The zero-order valence-corrected chi connectivity index (χ0v) is 6.81. The summed E-state index contributed by atoms with van der Waals surface area (Å²) in [4.78, 5) is 1.56. The second-order valence-electron chi connectivity index (χ2n) is 2.59. The molecule has 1 aromatic heterocycles. The van der Waals surface area contributed by atoms with Gasteiger partial charge in [0.05, 0.1) is 6.20 Å². The molecule has 0 amide bonds. The molecule has 0 saturated heterocycles. The van der Waals surface area contributed by atoms with E-state index in [1.807, 2.05) is 37.4 Å². The smallest absolute Gasteiger partial charge is 0.113 e. The molecule has 0 aliphatic rings. The van der Waals surface area contributed by atoms with Gasteiger partial charge in [0.25, 0.3) is 0 Å². The Bertz CT molecular complexity index is 364. The van der Waals surface area contributed by atoms with Gasteiger partial charge in [-0.1, -0.05) is 30.3 Å². The van der Waals surface area contributed by atoms with Crippen molar-refractivity contribution in [2.24, 2.45) is 7.05 Å². The molecule has 0 N–H and O–H groups in total. The largest absolute Gasteiger partial charge is 0.187 e. The van der Waals surface area contributed by atoms with Gasteiger partial charge in [-0.3, -0.25) is 0 Å². The molecule has 0 atom stereocenters. The summed E-state index contributed by atoms with van der Waals surface area (Å²) >= 11 is 0. The van der Waals surface area contributed by atoms with Gasteiger partial charge in [0.2, 0.25) is 0 Å². The van der Waals surface area contributed by atoms with Crippen molar-refractivity contribution in [1.82, 2.24) is 15.0 Å². The van der Waals surface area contributed by atoms with Crippen LogP contribution in [-0.4, -0.2) is 15.0 Å². The Morgan fingerprint density at radius 2 is 1.92 bits per heavy atom. The molecule has 1 aromatic carbocycles. The lowest BCUT2D eigenvalue weighted by atomic mass is 10.2. The molecule has 0 aliphatic heterocycles. The molecular formula is C9H9N3. The molecule has 0 radical (unpaired) electrons. The third kappa shape index (κ3) is 1.21. The van der Waals surface area contributed by atoms with E-state index in [0.717, 1.165) is 11.3 Å². The maximum absolute atomic E-state index is 4.19. The van der Waals surface area contributed by atoms with Gasteiger partial charge in [-0.2, -0.15) is 15.0 Å². The van der Waals surface area contributed by atoms with Crippen LogP contribution >= 0.6 is 0 Å². The van der Waals surface area contributed by atoms with Crippen molar-refractivity contribution in [3.05, 3.63) is 36.5 Å². The van der Waals surface area contributed by atoms with Crippen molar-refractivity contribution >= 4 is 0 Å². The molecular weight excluding hydrogens is 150 g/mol. The standard InChI is InChI=1S/C9H9N3/c1-12-10-7-9(11-12)8-5-3-2-4-6-8/h2-7H,1H3. The predicted octanol–water partition coefficient (Wildman–Crippen LogP) is 1.48. The Balaban J connectivity index is 2.45. The Kier molecular flexibility index (Phi) is 1.63. The fourth-order valence-electron chi connectivity index (χ4n) is 1.09. The number of aryl methyl sites for hydroxylation is 1. The van der Waals surface area contributed by atoms with Crippen LogP contribution < -0.4 is 0 Å². The first-order chi connectivity index (χ1) is 5.86. The van der Waals surface area contributed by atoms with E-state index in [1.165, 1.54) is 0 Å². The first-order valence-corrected chi connectivity index (χ1v) is 3.78. The fraction of sp³-hybridized carbons (Fsp3) is 0.111. The van der Waals surface area contributed by atoms with Crippen molar-refractivity contribution in [1.29, 1.82) is 0 Å². The minimum Gasteiger partial charge on any atom is -0.187 e. The van der Waals surface area contributed by atoms with Gasteiger partial charge in [0.15, 0.2) is 0 Å². The minimum absolute atomic E-state index is 0.915. The van der Waals surface area contributed by atoms with Crippen molar-refractivity contribution in [3.8, 4) is 11.3 Å². The van der Waals surface area contributed by atoms with Gasteiger partial charge < -0.3 is 0 Å². The van der Waals surface area contributed by atoms with E-state index in [0.29, 0.717) is 0 Å². The summed E-state index contributed by atoms with van der Waals surface area (Å²) in [6.07, 6.45) is 1.76. The second-order valence-corrected chi connectivity index (χ2v) is 2.59. The Hall–Kier alpha value is -1.64. The number of benzene rings is 1. The van der Waals surface area contributed by atoms with Crippen LogP contribution in [0.2, 0.25) is 0 Å². The quantitative estimate of drug-likeness (QED) is 0.631. The van der Waals surface area contributed by atoms with Gasteiger partial charge in [-0.05, 0) is 0 Å². The highest BCUT2D eigenvalue weighted by molar-refractivity contribution is 5.56. The third-order valence-electron chi connectivity index (χ3n) is 1.67. The van der Waals surface area contributed by atoms with Crippen LogP contribution in [-0.2, 0) is 7.05 Å². The number of aromatic nitrogens is 3. The van der Waals surface area contributed by atoms with E-state index >= 15 is 0 Å². The van der Waals surface area contributed by atoms with E-state index in [-0.39, 0.29) is 0 Å². The molecule has 0 aliphatic carbocycles. The van der Waals surface area contributed by atoms with Crippen LogP contribution in [0.3, 0.4) is 0 Å². The predicted molar refractivity (Wildman–Crippen MR) is 46.4 cm³/mol. The molecule has 0 spiro atoms. The summed E-state index contributed by atoms with van der Waals surface area (Å²) in [6, 6.07) is 10.0. The van der Waals surface area contributed by atoms with Gasteiger partial charge >= 0.3 is 0 Å². The van der Waals surface area contributed by atoms with Crippen LogP contribution in [0.4, 0.5) is 0 Å². The Morgan fingerprint density at radius 3 is 2.50 bits per heavy atom. The molecule has 0 bridgehead atoms. The maximum atomic E-state index is 4.19. The highest BCUT2D eigenvalue weighted by atomic mass is 15.4. The van der Waals surface area contributed by atoms with Crippen LogP contribution in [0.15, 0.2) is 36.5 Å². The number of nitrogens with zero attached hydrogens (tertiary/aromatic N) is 3. The topological polar surface area (TPSA) is 30.7 Å². The summed E-state index contributed by atoms with van der Waals surface area (Å²) in [5, 5.41) is 8.19. The van der Waals surface area contributed by atoms with Gasteiger partial charge in [-0.15, -0.1) is 0 Å². The second kappa shape index (κ2) is 2.77. The lowest BCUT2D eigenvalue weighted by Gasteiger charge is -1.91. The molecule has 0 saturated carbocycles. The van der Waals surface area contributed by atoms with Crippen LogP contribution in [0.1, 0.15) is 0 Å². The molecule has 60 valence electrons.